The van der Waals surface area contributed by atoms with Gasteiger partial charge in [0.2, 0.25) is 6.79 Å². The monoisotopic (exact) mass is 278 g/mol. The molecule has 5 nitrogen and oxygen atoms in total. The molecular weight excluding hydrogens is 260 g/mol. The molecule has 0 amide bonds. The molecule has 2 rings (SSSR count). The minimum absolute atomic E-state index is 0.0139. The fourth-order valence-corrected chi connectivity index (χ4v) is 1.80. The first-order valence-corrected chi connectivity index (χ1v) is 6.57. The van der Waals surface area contributed by atoms with Crippen molar-refractivity contribution in [3.8, 4) is 11.5 Å². The zero-order valence-electron chi connectivity index (χ0n) is 11.4. The van der Waals surface area contributed by atoms with Gasteiger partial charge in [-0.2, -0.15) is 0 Å². The van der Waals surface area contributed by atoms with E-state index in [1.165, 1.54) is 0 Å². The summed E-state index contributed by atoms with van der Waals surface area (Å²) in [5, 5.41) is 10.2. The summed E-state index contributed by atoms with van der Waals surface area (Å²) in [5.74, 6) is 0.592. The second kappa shape index (κ2) is 6.43. The molecule has 1 aliphatic heterocycles. The molecule has 1 heterocycles. The molecule has 0 radical (unpaired) electrons. The summed E-state index contributed by atoms with van der Waals surface area (Å²) in [6, 6.07) is 5.00. The Morgan fingerprint density at radius 3 is 2.95 bits per heavy atom. The zero-order valence-corrected chi connectivity index (χ0v) is 11.4. The lowest BCUT2D eigenvalue weighted by Gasteiger charge is -2.14. The van der Waals surface area contributed by atoms with Crippen molar-refractivity contribution in [2.24, 2.45) is 0 Å². The van der Waals surface area contributed by atoms with Crippen molar-refractivity contribution in [3.63, 3.8) is 0 Å². The van der Waals surface area contributed by atoms with Crippen LogP contribution >= 0.6 is 0 Å². The van der Waals surface area contributed by atoms with E-state index in [2.05, 4.69) is 6.58 Å². The van der Waals surface area contributed by atoms with Gasteiger partial charge in [0, 0.05) is 0 Å². The van der Waals surface area contributed by atoms with Crippen molar-refractivity contribution < 1.29 is 24.1 Å². The van der Waals surface area contributed by atoms with Crippen LogP contribution in [0.2, 0.25) is 0 Å². The molecule has 0 fully saturated rings. The number of rotatable bonds is 6. The summed E-state index contributed by atoms with van der Waals surface area (Å²) in [6.07, 6.45) is 0.613. The van der Waals surface area contributed by atoms with Gasteiger partial charge < -0.3 is 19.3 Å². The second-order valence-corrected chi connectivity index (χ2v) is 4.53. The van der Waals surface area contributed by atoms with Crippen LogP contribution in [-0.2, 0) is 9.53 Å². The maximum absolute atomic E-state index is 11.7. The van der Waals surface area contributed by atoms with Crippen LogP contribution in [0.5, 0.6) is 11.5 Å². The molecule has 1 N–H and O–H groups in total. The molecule has 0 saturated heterocycles. The normalized spacial score (nSPS) is 13.9. The molecule has 1 unspecified atom stereocenters. The third-order valence-electron chi connectivity index (χ3n) is 3.04. The molecule has 1 aromatic carbocycles. The average Bonchev–Trinajstić information content (AvgIpc) is 2.93. The number of aliphatic hydroxyl groups excluding tert-OH is 1. The van der Waals surface area contributed by atoms with Crippen LogP contribution in [0.3, 0.4) is 0 Å². The molecule has 1 aromatic rings. The smallest absolute Gasteiger partial charge is 0.336 e. The van der Waals surface area contributed by atoms with Crippen LogP contribution in [0.1, 0.15) is 31.4 Å². The summed E-state index contributed by atoms with van der Waals surface area (Å²) in [6.45, 7) is 6.11. The van der Waals surface area contributed by atoms with E-state index in [1.807, 2.05) is 6.92 Å². The van der Waals surface area contributed by atoms with Gasteiger partial charge in [-0.3, -0.25) is 0 Å². The number of hydrogen-bond acceptors (Lipinski definition) is 5. The Hall–Kier alpha value is -2.01. The van der Waals surface area contributed by atoms with Gasteiger partial charge in [-0.15, -0.1) is 0 Å². The fourth-order valence-electron chi connectivity index (χ4n) is 1.80. The molecule has 20 heavy (non-hydrogen) atoms. The van der Waals surface area contributed by atoms with Crippen molar-refractivity contribution in [3.05, 3.63) is 35.9 Å². The summed E-state index contributed by atoms with van der Waals surface area (Å²) >= 11 is 0. The van der Waals surface area contributed by atoms with E-state index in [0.717, 1.165) is 12.8 Å². The van der Waals surface area contributed by atoms with Crippen LogP contribution in [-0.4, -0.2) is 24.5 Å². The number of carbonyl (C=O) groups is 1. The minimum Gasteiger partial charge on any atom is -0.462 e. The first kappa shape index (κ1) is 14.4. The molecule has 0 saturated carbocycles. The minimum atomic E-state index is -1.11. The molecule has 108 valence electrons. The number of aliphatic hydroxyl groups is 1. The molecule has 0 aromatic heterocycles. The van der Waals surface area contributed by atoms with Gasteiger partial charge in [0.05, 0.1) is 12.2 Å². The summed E-state index contributed by atoms with van der Waals surface area (Å²) in [5.41, 5.74) is 0.534. The van der Waals surface area contributed by atoms with Gasteiger partial charge in [-0.05, 0) is 24.1 Å². The van der Waals surface area contributed by atoms with Gasteiger partial charge in [0.15, 0.2) is 11.5 Å². The Kier molecular flexibility index (Phi) is 4.63. The van der Waals surface area contributed by atoms with E-state index >= 15 is 0 Å². The average molecular weight is 278 g/mol. The Labute approximate surface area is 117 Å². The summed E-state index contributed by atoms with van der Waals surface area (Å²) in [7, 11) is 0. The Morgan fingerprint density at radius 2 is 2.20 bits per heavy atom. The van der Waals surface area contributed by atoms with Gasteiger partial charge >= 0.3 is 5.97 Å². The maximum atomic E-state index is 11.7. The topological polar surface area (TPSA) is 65.0 Å². The highest BCUT2D eigenvalue weighted by atomic mass is 16.7. The highest BCUT2D eigenvalue weighted by molar-refractivity contribution is 5.89. The number of esters is 1. The highest BCUT2D eigenvalue weighted by Gasteiger charge is 2.22. The predicted molar refractivity (Wildman–Crippen MR) is 72.5 cm³/mol. The van der Waals surface area contributed by atoms with Crippen molar-refractivity contribution in [2.75, 3.05) is 13.4 Å². The van der Waals surface area contributed by atoms with Gasteiger partial charge in [0.1, 0.15) is 6.10 Å². The molecule has 0 aliphatic carbocycles. The van der Waals surface area contributed by atoms with Crippen LogP contribution < -0.4 is 9.47 Å². The summed E-state index contributed by atoms with van der Waals surface area (Å²) in [4.78, 5) is 11.7. The quantitative estimate of drug-likeness (QED) is 0.491. The standard InChI is InChI=1S/C15H18O5/c1-3-4-7-18-15(17)10(2)14(16)11-5-6-12-13(8-11)20-9-19-12/h5-6,8,14,16H,2-4,7,9H2,1H3. The Balaban J connectivity index is 2.01. The fraction of sp³-hybridized carbons (Fsp3) is 0.400. The number of hydrogen-bond donors (Lipinski definition) is 1. The molecule has 5 heteroatoms. The third kappa shape index (κ3) is 3.11. The number of fused-ring (bicyclic) bond motifs is 1. The maximum Gasteiger partial charge on any atom is 0.336 e. The lowest BCUT2D eigenvalue weighted by atomic mass is 10.0. The van der Waals surface area contributed by atoms with Crippen LogP contribution in [0, 0.1) is 0 Å². The van der Waals surface area contributed by atoms with Crippen molar-refractivity contribution in [2.45, 2.75) is 25.9 Å². The largest absolute Gasteiger partial charge is 0.462 e. The van der Waals surface area contributed by atoms with Gasteiger partial charge in [0.25, 0.3) is 0 Å². The van der Waals surface area contributed by atoms with E-state index in [1.54, 1.807) is 18.2 Å². The Bertz CT molecular complexity index is 509. The van der Waals surface area contributed by atoms with Crippen LogP contribution in [0.4, 0.5) is 0 Å². The van der Waals surface area contributed by atoms with Gasteiger partial charge in [-0.1, -0.05) is 26.0 Å². The van der Waals surface area contributed by atoms with E-state index in [-0.39, 0.29) is 12.4 Å². The van der Waals surface area contributed by atoms with Crippen LogP contribution in [0.25, 0.3) is 0 Å². The third-order valence-corrected chi connectivity index (χ3v) is 3.04. The molecule has 0 spiro atoms. The van der Waals surface area contributed by atoms with Gasteiger partial charge in [-0.25, -0.2) is 4.79 Å². The Morgan fingerprint density at radius 1 is 1.45 bits per heavy atom. The molecule has 1 atom stereocenters. The summed E-state index contributed by atoms with van der Waals surface area (Å²) < 4.78 is 15.4. The van der Waals surface area contributed by atoms with E-state index < -0.39 is 12.1 Å². The SMILES string of the molecule is C=C(C(=O)OCCCC)C(O)c1ccc2c(c1)OCO2. The predicted octanol–water partition coefficient (Wildman–Crippen LogP) is 2.35. The van der Waals surface area contributed by atoms with E-state index in [4.69, 9.17) is 14.2 Å². The molecular formula is C15H18O5. The molecule has 0 bridgehead atoms. The zero-order chi connectivity index (χ0) is 14.5. The number of unbranched alkanes of at least 4 members (excludes halogenated alkanes) is 1. The van der Waals surface area contributed by atoms with Crippen molar-refractivity contribution in [1.82, 2.24) is 0 Å². The van der Waals surface area contributed by atoms with Crippen molar-refractivity contribution in [1.29, 1.82) is 0 Å². The van der Waals surface area contributed by atoms with E-state index in [0.29, 0.717) is 23.7 Å². The van der Waals surface area contributed by atoms with Crippen molar-refractivity contribution >= 4 is 5.97 Å². The number of ether oxygens (including phenoxy) is 3. The van der Waals surface area contributed by atoms with E-state index in [9.17, 15) is 9.90 Å². The first-order chi connectivity index (χ1) is 9.63. The second-order valence-electron chi connectivity index (χ2n) is 4.53. The lowest BCUT2D eigenvalue weighted by Crippen LogP contribution is -2.14. The lowest BCUT2D eigenvalue weighted by molar-refractivity contribution is -0.140. The number of benzene rings is 1. The highest BCUT2D eigenvalue weighted by Crippen LogP contribution is 2.35. The first-order valence-electron chi connectivity index (χ1n) is 6.57. The van der Waals surface area contributed by atoms with Crippen LogP contribution in [0.15, 0.2) is 30.4 Å². The molecule has 1 aliphatic rings. The number of carbonyl (C=O) groups excluding carboxylic acids is 1.